The third-order valence-corrected chi connectivity index (χ3v) is 8.58. The SMILES string of the molecule is CCOC(=O)C1=C(C(F)(F)F)N=c2s/c(=C\c3cc(Cl)cc(I)c3OCc3ccccc3)c(=O)n2[C@H]1c1ccc(Cl)cc1. The van der Waals surface area contributed by atoms with Crippen LogP contribution in [0, 0.1) is 3.57 Å². The first-order chi connectivity index (χ1) is 20.5. The molecule has 5 rings (SSSR count). The van der Waals surface area contributed by atoms with E-state index in [2.05, 4.69) is 27.6 Å². The molecule has 0 N–H and O–H groups in total. The lowest BCUT2D eigenvalue weighted by Crippen LogP contribution is -2.41. The van der Waals surface area contributed by atoms with Crippen LogP contribution in [0.3, 0.4) is 0 Å². The van der Waals surface area contributed by atoms with Crippen molar-refractivity contribution in [3.8, 4) is 5.75 Å². The number of halogens is 6. The molecule has 0 saturated carbocycles. The van der Waals surface area contributed by atoms with Gasteiger partial charge in [-0.3, -0.25) is 9.36 Å². The molecule has 0 bridgehead atoms. The lowest BCUT2D eigenvalue weighted by molar-refractivity contribution is -0.140. The molecule has 0 radical (unpaired) electrons. The van der Waals surface area contributed by atoms with Gasteiger partial charge in [-0.15, -0.1) is 0 Å². The van der Waals surface area contributed by atoms with E-state index in [9.17, 15) is 22.8 Å². The van der Waals surface area contributed by atoms with Gasteiger partial charge >= 0.3 is 12.1 Å². The first-order valence-electron chi connectivity index (χ1n) is 12.7. The van der Waals surface area contributed by atoms with Crippen molar-refractivity contribution < 1.29 is 27.4 Å². The summed E-state index contributed by atoms with van der Waals surface area (Å²) in [6.45, 7) is 1.53. The number of hydrogen-bond acceptors (Lipinski definition) is 6. The Morgan fingerprint density at radius 2 is 1.79 bits per heavy atom. The van der Waals surface area contributed by atoms with E-state index in [1.165, 1.54) is 37.3 Å². The summed E-state index contributed by atoms with van der Waals surface area (Å²) in [5.41, 5.74) is -1.30. The molecular weight excluding hydrogens is 739 g/mol. The van der Waals surface area contributed by atoms with E-state index < -0.39 is 35.0 Å². The summed E-state index contributed by atoms with van der Waals surface area (Å²) in [4.78, 5) is 30.5. The van der Waals surface area contributed by atoms with E-state index in [1.807, 2.05) is 30.3 Å². The summed E-state index contributed by atoms with van der Waals surface area (Å²) >= 11 is 15.2. The van der Waals surface area contributed by atoms with E-state index in [1.54, 1.807) is 12.1 Å². The van der Waals surface area contributed by atoms with Gasteiger partial charge in [-0.1, -0.05) is 77.0 Å². The molecule has 2 heterocycles. The molecule has 1 aliphatic heterocycles. The monoisotopic (exact) mass is 758 g/mol. The summed E-state index contributed by atoms with van der Waals surface area (Å²) < 4.78 is 56.0. The Morgan fingerprint density at radius 1 is 1.09 bits per heavy atom. The van der Waals surface area contributed by atoms with Crippen LogP contribution >= 0.6 is 57.1 Å². The van der Waals surface area contributed by atoms with Crippen LogP contribution in [-0.4, -0.2) is 23.3 Å². The van der Waals surface area contributed by atoms with Gasteiger partial charge in [-0.2, -0.15) is 13.2 Å². The Hall–Kier alpha value is -3.13. The van der Waals surface area contributed by atoms with Gasteiger partial charge in [0.15, 0.2) is 10.5 Å². The van der Waals surface area contributed by atoms with Gasteiger partial charge in [0.2, 0.25) is 0 Å². The first kappa shape index (κ1) is 31.3. The molecule has 0 amide bonds. The lowest BCUT2D eigenvalue weighted by atomic mass is 9.95. The van der Waals surface area contributed by atoms with Gasteiger partial charge in [0.1, 0.15) is 12.4 Å². The number of carbonyl (C=O) groups is 1. The molecule has 6 nitrogen and oxygen atoms in total. The van der Waals surface area contributed by atoms with Crippen molar-refractivity contribution in [1.82, 2.24) is 4.57 Å². The van der Waals surface area contributed by atoms with Crippen molar-refractivity contribution >= 4 is 69.2 Å². The van der Waals surface area contributed by atoms with E-state index >= 15 is 0 Å². The molecule has 0 saturated heterocycles. The van der Waals surface area contributed by atoms with E-state index in [0.717, 1.165) is 21.5 Å². The third kappa shape index (κ3) is 6.69. The van der Waals surface area contributed by atoms with Crippen molar-refractivity contribution in [3.05, 3.63) is 128 Å². The summed E-state index contributed by atoms with van der Waals surface area (Å²) in [6.07, 6.45) is -3.51. The third-order valence-electron chi connectivity index (χ3n) is 6.33. The van der Waals surface area contributed by atoms with Gasteiger partial charge in [0.05, 0.1) is 26.3 Å². The minimum absolute atomic E-state index is 0.0620. The first-order valence-corrected chi connectivity index (χ1v) is 15.3. The van der Waals surface area contributed by atoms with Crippen molar-refractivity contribution in [2.75, 3.05) is 6.61 Å². The molecule has 1 atom stereocenters. The summed E-state index contributed by atoms with van der Waals surface area (Å²) in [7, 11) is 0. The average Bonchev–Trinajstić information content (AvgIpc) is 3.26. The maximum absolute atomic E-state index is 14.4. The molecule has 0 unspecified atom stereocenters. The number of benzene rings is 3. The molecule has 43 heavy (non-hydrogen) atoms. The number of nitrogens with zero attached hydrogens (tertiary/aromatic N) is 2. The number of fused-ring (bicyclic) bond motifs is 1. The van der Waals surface area contributed by atoms with Crippen molar-refractivity contribution in [3.63, 3.8) is 0 Å². The van der Waals surface area contributed by atoms with Crippen molar-refractivity contribution in [2.24, 2.45) is 4.99 Å². The van der Waals surface area contributed by atoms with Gasteiger partial charge in [0, 0.05) is 15.6 Å². The number of ether oxygens (including phenoxy) is 2. The van der Waals surface area contributed by atoms with Crippen molar-refractivity contribution in [1.29, 1.82) is 0 Å². The minimum Gasteiger partial charge on any atom is -0.487 e. The topological polar surface area (TPSA) is 69.9 Å². The Labute approximate surface area is 270 Å². The maximum atomic E-state index is 14.4. The van der Waals surface area contributed by atoms with Crippen LogP contribution in [0.5, 0.6) is 5.75 Å². The van der Waals surface area contributed by atoms with E-state index in [-0.39, 0.29) is 28.1 Å². The average molecular weight is 759 g/mol. The van der Waals surface area contributed by atoms with Crippen LogP contribution in [0.25, 0.3) is 6.08 Å². The Bertz CT molecular complexity index is 1910. The van der Waals surface area contributed by atoms with Gasteiger partial charge in [-0.25, -0.2) is 9.79 Å². The van der Waals surface area contributed by atoms with Gasteiger partial charge in [0.25, 0.3) is 5.56 Å². The predicted octanol–water partition coefficient (Wildman–Crippen LogP) is 6.83. The number of alkyl halides is 3. The number of aromatic nitrogens is 1. The Kier molecular flexibility index (Phi) is 9.35. The largest absolute Gasteiger partial charge is 0.487 e. The molecular formula is C30H20Cl2F3IN2O4S. The molecule has 222 valence electrons. The number of rotatable bonds is 7. The lowest BCUT2D eigenvalue weighted by Gasteiger charge is -2.26. The highest BCUT2D eigenvalue weighted by molar-refractivity contribution is 14.1. The number of hydrogen-bond donors (Lipinski definition) is 0. The van der Waals surface area contributed by atoms with E-state index in [4.69, 9.17) is 32.7 Å². The zero-order valence-corrected chi connectivity index (χ0v) is 26.6. The molecule has 13 heteroatoms. The van der Waals surface area contributed by atoms with E-state index in [0.29, 0.717) is 24.9 Å². The van der Waals surface area contributed by atoms with Crippen LogP contribution in [0.4, 0.5) is 13.2 Å². The quantitative estimate of drug-likeness (QED) is 0.153. The fourth-order valence-corrected chi connectivity index (χ4v) is 6.84. The number of thiazole rings is 1. The molecule has 0 fully saturated rings. The summed E-state index contributed by atoms with van der Waals surface area (Å²) in [5.74, 6) is -0.786. The van der Waals surface area contributed by atoms with Crippen LogP contribution < -0.4 is 19.6 Å². The zero-order valence-electron chi connectivity index (χ0n) is 22.1. The second-order valence-electron chi connectivity index (χ2n) is 9.20. The molecule has 1 aromatic heterocycles. The van der Waals surface area contributed by atoms with Crippen molar-refractivity contribution in [2.45, 2.75) is 25.7 Å². The maximum Gasteiger partial charge on any atom is 0.434 e. The minimum atomic E-state index is -5.01. The second kappa shape index (κ2) is 12.8. The summed E-state index contributed by atoms with van der Waals surface area (Å²) in [5, 5.41) is 0.700. The van der Waals surface area contributed by atoms with Crippen LogP contribution in [0.2, 0.25) is 10.0 Å². The number of esters is 1. The zero-order chi connectivity index (χ0) is 30.9. The predicted molar refractivity (Wildman–Crippen MR) is 167 cm³/mol. The fourth-order valence-electron chi connectivity index (χ4n) is 4.51. The number of carbonyl (C=O) groups excluding carboxylic acids is 1. The van der Waals surface area contributed by atoms with Crippen LogP contribution in [-0.2, 0) is 16.1 Å². The molecule has 4 aromatic rings. The van der Waals surface area contributed by atoms with Gasteiger partial charge < -0.3 is 9.47 Å². The molecule has 1 aliphatic rings. The smallest absolute Gasteiger partial charge is 0.434 e. The Morgan fingerprint density at radius 3 is 2.44 bits per heavy atom. The summed E-state index contributed by atoms with van der Waals surface area (Å²) in [6, 6.07) is 17.1. The van der Waals surface area contributed by atoms with Crippen LogP contribution in [0.1, 0.15) is 29.7 Å². The second-order valence-corrected chi connectivity index (χ2v) is 12.2. The highest BCUT2D eigenvalue weighted by Gasteiger charge is 2.45. The molecule has 3 aromatic carbocycles. The highest BCUT2D eigenvalue weighted by atomic mass is 127. The Balaban J connectivity index is 1.72. The molecule has 0 aliphatic carbocycles. The molecule has 0 spiro atoms. The van der Waals surface area contributed by atoms with Crippen LogP contribution in [0.15, 0.2) is 87.8 Å². The highest BCUT2D eigenvalue weighted by Crippen LogP contribution is 2.38. The number of allylic oxidation sites excluding steroid dienone is 1. The standard InChI is InChI=1S/C30H20Cl2F3IN2O4S/c1-2-41-28(40)23-24(17-8-10-19(31)11-9-17)38-27(39)22(43-29(38)37-26(23)30(33,34)35)13-18-12-20(32)14-21(36)25(18)42-15-16-6-4-3-5-7-16/h3-14,24H,2,15H2,1H3/b22-13-/t24-/m0/s1. The normalized spacial score (nSPS) is 15.2. The van der Waals surface area contributed by atoms with Gasteiger partial charge in [-0.05, 0) is 71.0 Å². The fraction of sp³-hybridized carbons (Fsp3) is 0.167.